The molecule has 0 spiro atoms. The van der Waals surface area contributed by atoms with Gasteiger partial charge in [0.1, 0.15) is 12.4 Å². The molecule has 0 radical (unpaired) electrons. The normalized spacial score (nSPS) is 12.8. The molecule has 130 valence electrons. The van der Waals surface area contributed by atoms with E-state index in [0.717, 1.165) is 18.7 Å². The van der Waals surface area contributed by atoms with E-state index in [1.54, 1.807) is 18.4 Å². The summed E-state index contributed by atoms with van der Waals surface area (Å²) in [5.41, 5.74) is 0. The first-order valence-corrected chi connectivity index (χ1v) is 8.54. The first-order valence-electron chi connectivity index (χ1n) is 7.66. The van der Waals surface area contributed by atoms with Crippen LogP contribution in [0.5, 0.6) is 5.75 Å². The molecule has 4 nitrogen and oxygen atoms in total. The molecular weight excluding hydrogens is 332 g/mol. The van der Waals surface area contributed by atoms with Crippen LogP contribution in [0, 0.1) is 11.6 Å². The van der Waals surface area contributed by atoms with Crippen molar-refractivity contribution in [1.29, 1.82) is 0 Å². The van der Waals surface area contributed by atoms with Crippen LogP contribution in [0.1, 0.15) is 17.7 Å². The second kappa shape index (κ2) is 9.22. The summed E-state index contributed by atoms with van der Waals surface area (Å²) in [6.07, 6.45) is 0. The van der Waals surface area contributed by atoms with Gasteiger partial charge in [-0.1, -0.05) is 13.0 Å². The largest absolute Gasteiger partial charge is 0.489 e. The van der Waals surface area contributed by atoms with E-state index in [4.69, 9.17) is 4.74 Å². The van der Waals surface area contributed by atoms with Crippen LogP contribution in [0.4, 0.5) is 8.78 Å². The number of thiophene rings is 1. The maximum Gasteiger partial charge on any atom is 0.191 e. The average Bonchev–Trinajstić information content (AvgIpc) is 3.10. The summed E-state index contributed by atoms with van der Waals surface area (Å²) in [6, 6.07) is 7.39. The average molecular weight is 353 g/mol. The molecule has 24 heavy (non-hydrogen) atoms. The van der Waals surface area contributed by atoms with Crippen LogP contribution >= 0.6 is 11.3 Å². The van der Waals surface area contributed by atoms with E-state index in [0.29, 0.717) is 18.4 Å². The molecule has 1 unspecified atom stereocenters. The van der Waals surface area contributed by atoms with E-state index in [9.17, 15) is 8.78 Å². The van der Waals surface area contributed by atoms with Gasteiger partial charge in [0.05, 0.1) is 6.54 Å². The maximum atomic E-state index is 13.4. The molecule has 0 bridgehead atoms. The monoisotopic (exact) mass is 353 g/mol. The third kappa shape index (κ3) is 5.49. The van der Waals surface area contributed by atoms with Gasteiger partial charge in [-0.2, -0.15) is 0 Å². The van der Waals surface area contributed by atoms with Crippen molar-refractivity contribution in [3.8, 4) is 5.75 Å². The molecule has 2 N–H and O–H groups in total. The molecule has 2 aromatic rings. The van der Waals surface area contributed by atoms with Crippen LogP contribution in [-0.4, -0.2) is 32.7 Å². The van der Waals surface area contributed by atoms with Crippen LogP contribution in [-0.2, 0) is 0 Å². The Morgan fingerprint density at radius 2 is 2.12 bits per heavy atom. The lowest BCUT2D eigenvalue weighted by Crippen LogP contribution is -2.40. The minimum absolute atomic E-state index is 0.0347. The highest BCUT2D eigenvalue weighted by atomic mass is 32.1. The van der Waals surface area contributed by atoms with Gasteiger partial charge in [-0.25, -0.2) is 8.78 Å². The van der Waals surface area contributed by atoms with Crippen LogP contribution in [0.2, 0.25) is 0 Å². The van der Waals surface area contributed by atoms with Crippen LogP contribution in [0.15, 0.2) is 40.7 Å². The number of hydrogen-bond acceptors (Lipinski definition) is 3. The Morgan fingerprint density at radius 3 is 2.79 bits per heavy atom. The Kier molecular flexibility index (Phi) is 6.99. The van der Waals surface area contributed by atoms with Crippen molar-refractivity contribution in [2.45, 2.75) is 12.8 Å². The van der Waals surface area contributed by atoms with Gasteiger partial charge in [0.15, 0.2) is 17.5 Å². The predicted octanol–water partition coefficient (Wildman–Crippen LogP) is 3.37. The summed E-state index contributed by atoms with van der Waals surface area (Å²) in [5.74, 6) is -0.258. The topological polar surface area (TPSA) is 45.7 Å². The molecule has 1 atom stereocenters. The van der Waals surface area contributed by atoms with Crippen LogP contribution < -0.4 is 15.4 Å². The second-order valence-electron chi connectivity index (χ2n) is 5.22. The molecule has 0 saturated carbocycles. The SMILES string of the molecule is CN=C(NCCOc1ccc(F)cc1F)NCC(C)c1cccs1. The number of nitrogens with zero attached hydrogens (tertiary/aromatic N) is 1. The van der Waals surface area contributed by atoms with Crippen molar-refractivity contribution in [2.75, 3.05) is 26.7 Å². The maximum absolute atomic E-state index is 13.4. The summed E-state index contributed by atoms with van der Waals surface area (Å²) in [5, 5.41) is 8.39. The zero-order valence-electron chi connectivity index (χ0n) is 13.7. The van der Waals surface area contributed by atoms with Gasteiger partial charge in [-0.15, -0.1) is 11.3 Å². The summed E-state index contributed by atoms with van der Waals surface area (Å²) in [7, 11) is 1.69. The highest BCUT2D eigenvalue weighted by molar-refractivity contribution is 7.10. The van der Waals surface area contributed by atoms with E-state index in [1.807, 2.05) is 6.07 Å². The van der Waals surface area contributed by atoms with Gasteiger partial charge >= 0.3 is 0 Å². The van der Waals surface area contributed by atoms with Gasteiger partial charge in [-0.05, 0) is 23.6 Å². The number of benzene rings is 1. The highest BCUT2D eigenvalue weighted by Gasteiger charge is 2.08. The number of halogens is 2. The summed E-state index contributed by atoms with van der Waals surface area (Å²) < 4.78 is 31.5. The third-order valence-electron chi connectivity index (χ3n) is 3.37. The lowest BCUT2D eigenvalue weighted by molar-refractivity contribution is 0.304. The molecule has 1 aromatic heterocycles. The minimum atomic E-state index is -0.706. The minimum Gasteiger partial charge on any atom is -0.489 e. The Hall–Kier alpha value is -2.15. The predicted molar refractivity (Wildman–Crippen MR) is 94.0 cm³/mol. The van der Waals surface area contributed by atoms with Crippen molar-refractivity contribution >= 4 is 17.3 Å². The fourth-order valence-corrected chi connectivity index (χ4v) is 2.85. The van der Waals surface area contributed by atoms with Crippen molar-refractivity contribution < 1.29 is 13.5 Å². The molecule has 1 heterocycles. The number of guanidine groups is 1. The molecule has 7 heteroatoms. The fourth-order valence-electron chi connectivity index (χ4n) is 2.07. The Balaban J connectivity index is 1.70. The Bertz CT molecular complexity index is 662. The number of hydrogen-bond donors (Lipinski definition) is 2. The van der Waals surface area contributed by atoms with Crippen molar-refractivity contribution in [2.24, 2.45) is 4.99 Å². The van der Waals surface area contributed by atoms with E-state index >= 15 is 0 Å². The Morgan fingerprint density at radius 1 is 1.29 bits per heavy atom. The smallest absolute Gasteiger partial charge is 0.191 e. The van der Waals surface area contributed by atoms with Crippen molar-refractivity contribution in [3.63, 3.8) is 0 Å². The molecule has 0 amide bonds. The van der Waals surface area contributed by atoms with Gasteiger partial charge in [-0.3, -0.25) is 4.99 Å². The van der Waals surface area contributed by atoms with E-state index in [2.05, 4.69) is 34.0 Å². The van der Waals surface area contributed by atoms with Gasteiger partial charge in [0, 0.05) is 30.5 Å². The van der Waals surface area contributed by atoms with Crippen molar-refractivity contribution in [1.82, 2.24) is 10.6 Å². The molecule has 0 saturated heterocycles. The van der Waals surface area contributed by atoms with E-state index in [-0.39, 0.29) is 12.4 Å². The molecule has 1 aromatic carbocycles. The molecule has 0 aliphatic carbocycles. The van der Waals surface area contributed by atoms with Gasteiger partial charge in [0.25, 0.3) is 0 Å². The van der Waals surface area contributed by atoms with Gasteiger partial charge in [0.2, 0.25) is 0 Å². The summed E-state index contributed by atoms with van der Waals surface area (Å²) >= 11 is 1.73. The standard InChI is InChI=1S/C17H21F2N3OS/c1-12(16-4-3-9-24-16)11-22-17(20-2)21-7-8-23-15-6-5-13(18)10-14(15)19/h3-6,9-10,12H,7-8,11H2,1-2H3,(H2,20,21,22). The lowest BCUT2D eigenvalue weighted by atomic mass is 10.1. The van der Waals surface area contributed by atoms with E-state index < -0.39 is 11.6 Å². The highest BCUT2D eigenvalue weighted by Crippen LogP contribution is 2.19. The molecule has 0 aliphatic heterocycles. The zero-order chi connectivity index (χ0) is 17.4. The molecule has 2 rings (SSSR count). The van der Waals surface area contributed by atoms with E-state index in [1.165, 1.54) is 10.9 Å². The first kappa shape index (κ1) is 18.2. The molecular formula is C17H21F2N3OS. The Labute approximate surface area is 144 Å². The number of rotatable bonds is 7. The number of aliphatic imine (C=N–C) groups is 1. The molecule has 0 fully saturated rings. The second-order valence-corrected chi connectivity index (χ2v) is 6.20. The van der Waals surface area contributed by atoms with Gasteiger partial charge < -0.3 is 15.4 Å². The van der Waals surface area contributed by atoms with Crippen LogP contribution in [0.25, 0.3) is 0 Å². The van der Waals surface area contributed by atoms with Crippen LogP contribution in [0.3, 0.4) is 0 Å². The third-order valence-corrected chi connectivity index (χ3v) is 4.48. The first-order chi connectivity index (χ1) is 11.6. The zero-order valence-corrected chi connectivity index (χ0v) is 14.5. The summed E-state index contributed by atoms with van der Waals surface area (Å²) in [6.45, 7) is 3.59. The van der Waals surface area contributed by atoms with Crippen molar-refractivity contribution in [3.05, 3.63) is 52.2 Å². The summed E-state index contributed by atoms with van der Waals surface area (Å²) in [4.78, 5) is 5.45. The fraction of sp³-hybridized carbons (Fsp3) is 0.353. The lowest BCUT2D eigenvalue weighted by Gasteiger charge is -2.15. The number of ether oxygens (including phenoxy) is 1. The molecule has 0 aliphatic rings. The quantitative estimate of drug-likeness (QED) is 0.456. The number of nitrogens with one attached hydrogen (secondary N) is 2.